The number of fused-ring (bicyclic) bond motifs is 2. The Hall–Kier alpha value is -3.51. The maximum Gasteiger partial charge on any atom is 0.308 e. The molecule has 0 aliphatic carbocycles. The first-order valence-electron chi connectivity index (χ1n) is 9.42. The smallest absolute Gasteiger partial charge is 0.308 e. The number of allylic oxidation sites excluding steroid dienone is 1. The predicted molar refractivity (Wildman–Crippen MR) is 112 cm³/mol. The van der Waals surface area contributed by atoms with E-state index < -0.39 is 45.2 Å². The number of carbonyl (C=O) groups excluding carboxylic acids is 4. The van der Waals surface area contributed by atoms with Crippen molar-refractivity contribution < 1.29 is 36.9 Å². The minimum atomic E-state index is -4.95. The molecule has 2 unspecified atom stereocenters. The molecule has 0 saturated carbocycles. The molecule has 2 aliphatic heterocycles. The van der Waals surface area contributed by atoms with Crippen molar-refractivity contribution in [3.63, 3.8) is 0 Å². The molecule has 170 valence electrons. The number of benzene rings is 1. The Bertz CT molecular complexity index is 1200. The van der Waals surface area contributed by atoms with Gasteiger partial charge in [0.05, 0.1) is 11.6 Å². The van der Waals surface area contributed by atoms with Crippen LogP contribution in [0.2, 0.25) is 0 Å². The zero-order valence-corrected chi connectivity index (χ0v) is 18.3. The second-order valence-electron chi connectivity index (χ2n) is 7.42. The van der Waals surface area contributed by atoms with Crippen LogP contribution >= 0.6 is 0 Å². The lowest BCUT2D eigenvalue weighted by molar-refractivity contribution is -0.132. The quantitative estimate of drug-likeness (QED) is 0.284. The Morgan fingerprint density at radius 1 is 1.25 bits per heavy atom. The number of anilines is 1. The highest BCUT2D eigenvalue weighted by Crippen LogP contribution is 2.44. The maximum absolute atomic E-state index is 13.4. The Kier molecular flexibility index (Phi) is 5.94. The lowest BCUT2D eigenvalue weighted by Crippen LogP contribution is -2.54. The van der Waals surface area contributed by atoms with Gasteiger partial charge in [0.25, 0.3) is 16.0 Å². The SMILES string of the molecule is CC(=O)Oc1c(C)ccc2c1N(C(C)=O)C(S(=O)(=O)O)C1CC(/C=C/C(N)=O)=CN1C2=O. The number of hydrogen-bond acceptors (Lipinski definition) is 7. The average molecular weight is 463 g/mol. The molecule has 11 nitrogen and oxygen atoms in total. The summed E-state index contributed by atoms with van der Waals surface area (Å²) < 4.78 is 40.4. The van der Waals surface area contributed by atoms with Gasteiger partial charge in [0, 0.05) is 26.1 Å². The highest BCUT2D eigenvalue weighted by Gasteiger charge is 2.50. The van der Waals surface area contributed by atoms with Crippen molar-refractivity contribution in [2.75, 3.05) is 4.90 Å². The van der Waals surface area contributed by atoms with E-state index in [0.717, 1.165) is 29.7 Å². The van der Waals surface area contributed by atoms with Gasteiger partial charge >= 0.3 is 5.97 Å². The van der Waals surface area contributed by atoms with E-state index in [1.807, 2.05) is 0 Å². The fourth-order valence-corrected chi connectivity index (χ4v) is 5.02. The van der Waals surface area contributed by atoms with E-state index in [1.165, 1.54) is 24.4 Å². The van der Waals surface area contributed by atoms with Gasteiger partial charge in [0.15, 0.2) is 11.1 Å². The van der Waals surface area contributed by atoms with Crippen molar-refractivity contribution >= 4 is 39.5 Å². The van der Waals surface area contributed by atoms with Crippen LogP contribution in [0.4, 0.5) is 5.69 Å². The first kappa shape index (κ1) is 23.2. The summed E-state index contributed by atoms with van der Waals surface area (Å²) in [6.07, 6.45) is 3.59. The molecule has 2 aliphatic rings. The van der Waals surface area contributed by atoms with Gasteiger partial charge in [-0.1, -0.05) is 12.1 Å². The van der Waals surface area contributed by atoms with Gasteiger partial charge in [-0.15, -0.1) is 0 Å². The number of aryl methyl sites for hydroxylation is 1. The number of nitrogens with two attached hydrogens (primary N) is 1. The Balaban J connectivity index is 2.34. The zero-order chi connectivity index (χ0) is 24.0. The largest absolute Gasteiger partial charge is 0.424 e. The maximum atomic E-state index is 13.4. The average Bonchev–Trinajstić information content (AvgIpc) is 3.03. The van der Waals surface area contributed by atoms with E-state index in [2.05, 4.69) is 0 Å². The zero-order valence-electron chi connectivity index (χ0n) is 17.4. The Labute approximate surface area is 183 Å². The van der Waals surface area contributed by atoms with Gasteiger partial charge in [-0.3, -0.25) is 28.6 Å². The molecule has 0 saturated heterocycles. The summed E-state index contributed by atoms with van der Waals surface area (Å²) in [4.78, 5) is 50.7. The molecular formula is C20H21N3O8S. The van der Waals surface area contributed by atoms with Crippen LogP contribution < -0.4 is 15.4 Å². The topological polar surface area (TPSA) is 164 Å². The second kappa shape index (κ2) is 8.20. The molecule has 3 rings (SSSR count). The molecule has 0 spiro atoms. The van der Waals surface area contributed by atoms with Crippen LogP contribution in [-0.2, 0) is 24.5 Å². The molecule has 12 heteroatoms. The van der Waals surface area contributed by atoms with Crippen molar-refractivity contribution in [1.29, 1.82) is 0 Å². The van der Waals surface area contributed by atoms with Crippen molar-refractivity contribution in [3.8, 4) is 5.75 Å². The van der Waals surface area contributed by atoms with Gasteiger partial charge in [0.2, 0.25) is 11.8 Å². The molecule has 0 fully saturated rings. The predicted octanol–water partition coefficient (Wildman–Crippen LogP) is 0.641. The number of carbonyl (C=O) groups is 4. The monoisotopic (exact) mass is 463 g/mol. The van der Waals surface area contributed by atoms with Crippen LogP contribution in [0.25, 0.3) is 0 Å². The highest BCUT2D eigenvalue weighted by atomic mass is 32.2. The van der Waals surface area contributed by atoms with Crippen LogP contribution in [0.3, 0.4) is 0 Å². The summed E-state index contributed by atoms with van der Waals surface area (Å²) in [5, 5.41) is -1.91. The first-order valence-corrected chi connectivity index (χ1v) is 10.9. The number of esters is 1. The van der Waals surface area contributed by atoms with Crippen molar-refractivity contribution in [2.45, 2.75) is 38.6 Å². The molecule has 3 N–H and O–H groups in total. The lowest BCUT2D eigenvalue weighted by Gasteiger charge is -2.33. The van der Waals surface area contributed by atoms with Crippen molar-refractivity contribution in [1.82, 2.24) is 4.90 Å². The number of nitrogens with zero attached hydrogens (tertiary/aromatic N) is 2. The third-order valence-electron chi connectivity index (χ3n) is 5.08. The molecule has 0 aromatic heterocycles. The molecule has 2 heterocycles. The van der Waals surface area contributed by atoms with Crippen LogP contribution in [0.1, 0.15) is 36.2 Å². The summed E-state index contributed by atoms with van der Waals surface area (Å²) in [6.45, 7) is 3.74. The molecule has 2 atom stereocenters. The molecule has 3 amide bonds. The number of rotatable bonds is 4. The summed E-state index contributed by atoms with van der Waals surface area (Å²) >= 11 is 0. The Morgan fingerprint density at radius 3 is 2.44 bits per heavy atom. The molecule has 1 aromatic carbocycles. The first-order chi connectivity index (χ1) is 14.8. The third-order valence-corrected chi connectivity index (χ3v) is 6.21. The molecule has 1 aromatic rings. The summed E-state index contributed by atoms with van der Waals surface area (Å²) in [5.74, 6) is -3.14. The summed E-state index contributed by atoms with van der Waals surface area (Å²) in [5.41, 5.74) is 5.53. The Morgan fingerprint density at radius 2 is 1.91 bits per heavy atom. The molecule has 32 heavy (non-hydrogen) atoms. The van der Waals surface area contributed by atoms with Crippen LogP contribution in [0.5, 0.6) is 5.75 Å². The van der Waals surface area contributed by atoms with Crippen molar-refractivity contribution in [3.05, 3.63) is 47.2 Å². The lowest BCUT2D eigenvalue weighted by atomic mass is 10.1. The van der Waals surface area contributed by atoms with Gasteiger partial charge in [0.1, 0.15) is 5.69 Å². The molecule has 0 bridgehead atoms. The fraction of sp³-hybridized carbons (Fsp3) is 0.300. The third kappa shape index (κ3) is 4.14. The van der Waals surface area contributed by atoms with E-state index in [-0.39, 0.29) is 23.4 Å². The van der Waals surface area contributed by atoms with Gasteiger partial charge in [-0.2, -0.15) is 8.42 Å². The van der Waals surface area contributed by atoms with E-state index in [1.54, 1.807) is 6.92 Å². The molecule has 0 radical (unpaired) electrons. The van der Waals surface area contributed by atoms with E-state index >= 15 is 0 Å². The molecular weight excluding hydrogens is 442 g/mol. The standard InChI is InChI=1S/C20H21N3O8S/c1-10-4-6-14-17(18(10)31-12(3)25)23(11(2)24)20(32(28,29)30)15-8-13(5-7-16(21)26)9-22(15)19(14)27/h4-7,9,15,20H,8H2,1-3H3,(H2,21,26)(H,28,29,30)/b7-5+. The fourth-order valence-electron chi connectivity index (χ4n) is 3.88. The van der Waals surface area contributed by atoms with E-state index in [4.69, 9.17) is 10.5 Å². The summed E-state index contributed by atoms with van der Waals surface area (Å²) in [7, 11) is -4.95. The number of ether oxygens (including phenoxy) is 1. The number of hydrogen-bond donors (Lipinski definition) is 2. The van der Waals surface area contributed by atoms with Gasteiger partial charge < -0.3 is 15.4 Å². The number of amides is 3. The highest BCUT2D eigenvalue weighted by molar-refractivity contribution is 7.86. The number of primary amides is 1. The van der Waals surface area contributed by atoms with Crippen LogP contribution in [0, 0.1) is 6.92 Å². The van der Waals surface area contributed by atoms with Crippen LogP contribution in [-0.4, -0.2) is 53.0 Å². The van der Waals surface area contributed by atoms with E-state index in [9.17, 15) is 32.1 Å². The van der Waals surface area contributed by atoms with Crippen LogP contribution in [0.15, 0.2) is 36.1 Å². The normalized spacial score (nSPS) is 20.5. The minimum absolute atomic E-state index is 0.0976. The second-order valence-corrected chi connectivity index (χ2v) is 8.93. The summed E-state index contributed by atoms with van der Waals surface area (Å²) in [6, 6.07) is 1.65. The minimum Gasteiger partial charge on any atom is -0.424 e. The van der Waals surface area contributed by atoms with Crippen molar-refractivity contribution in [2.24, 2.45) is 5.73 Å². The van der Waals surface area contributed by atoms with Gasteiger partial charge in [-0.25, -0.2) is 0 Å². The van der Waals surface area contributed by atoms with Gasteiger partial charge in [-0.05, 0) is 30.5 Å². The van der Waals surface area contributed by atoms with E-state index in [0.29, 0.717) is 11.1 Å².